The molecule has 0 saturated heterocycles. The van der Waals surface area contributed by atoms with E-state index in [1.54, 1.807) is 12.1 Å². The molecule has 1 N–H and O–H groups in total. The second-order valence-corrected chi connectivity index (χ2v) is 5.57. The molecule has 2 aromatic rings. The summed E-state index contributed by atoms with van der Waals surface area (Å²) < 4.78 is 19.3. The topological polar surface area (TPSA) is 21.3 Å². The van der Waals surface area contributed by atoms with Gasteiger partial charge in [-0.1, -0.05) is 17.7 Å². The number of benzene rings is 1. The highest BCUT2D eigenvalue weighted by atomic mass is 35.5. The van der Waals surface area contributed by atoms with Gasteiger partial charge in [0.05, 0.1) is 11.4 Å². The van der Waals surface area contributed by atoms with Crippen LogP contribution < -0.4 is 10.1 Å². The lowest BCUT2D eigenvalue weighted by Crippen LogP contribution is -2.12. The van der Waals surface area contributed by atoms with Crippen LogP contribution in [0.3, 0.4) is 0 Å². The van der Waals surface area contributed by atoms with Crippen LogP contribution in [0.2, 0.25) is 4.34 Å². The smallest absolute Gasteiger partial charge is 0.131 e. The van der Waals surface area contributed by atoms with Crippen molar-refractivity contribution in [3.05, 3.63) is 50.9 Å². The van der Waals surface area contributed by atoms with E-state index in [2.05, 4.69) is 5.32 Å². The molecule has 0 amide bonds. The van der Waals surface area contributed by atoms with Crippen LogP contribution in [-0.4, -0.2) is 7.11 Å². The van der Waals surface area contributed by atoms with Gasteiger partial charge in [-0.05, 0) is 18.2 Å². The molecule has 0 aliphatic rings. The largest absolute Gasteiger partial charge is 0.497 e. The summed E-state index contributed by atoms with van der Waals surface area (Å²) in [6.07, 6.45) is 0. The Balaban J connectivity index is 1.90. The number of hydrogen-bond donors (Lipinski definition) is 1. The van der Waals surface area contributed by atoms with E-state index in [1.165, 1.54) is 24.5 Å². The van der Waals surface area contributed by atoms with Crippen LogP contribution in [0.1, 0.15) is 10.4 Å². The first-order valence-corrected chi connectivity index (χ1v) is 6.66. The Morgan fingerprint density at radius 3 is 2.72 bits per heavy atom. The average molecular weight is 286 g/mol. The molecule has 0 bridgehead atoms. The molecule has 0 unspecified atom stereocenters. The van der Waals surface area contributed by atoms with Crippen molar-refractivity contribution >= 4 is 22.9 Å². The van der Waals surface area contributed by atoms with Gasteiger partial charge in [-0.2, -0.15) is 0 Å². The number of halogens is 2. The summed E-state index contributed by atoms with van der Waals surface area (Å²) in [6, 6.07) is 8.69. The SMILES string of the molecule is COc1ccc(CNCc2ccc(Cl)s2)c(F)c1. The Morgan fingerprint density at radius 2 is 2.11 bits per heavy atom. The lowest BCUT2D eigenvalue weighted by molar-refractivity contribution is 0.410. The highest BCUT2D eigenvalue weighted by Gasteiger charge is 2.04. The number of thiophene rings is 1. The summed E-state index contributed by atoms with van der Waals surface area (Å²) in [5, 5.41) is 3.18. The van der Waals surface area contributed by atoms with E-state index in [4.69, 9.17) is 16.3 Å². The van der Waals surface area contributed by atoms with E-state index in [0.29, 0.717) is 24.4 Å². The molecule has 0 aliphatic carbocycles. The fraction of sp³-hybridized carbons (Fsp3) is 0.231. The van der Waals surface area contributed by atoms with Gasteiger partial charge in [-0.3, -0.25) is 0 Å². The molecule has 0 spiro atoms. The van der Waals surface area contributed by atoms with Gasteiger partial charge in [-0.15, -0.1) is 11.3 Å². The van der Waals surface area contributed by atoms with Crippen molar-refractivity contribution in [3.8, 4) is 5.75 Å². The highest BCUT2D eigenvalue weighted by Crippen LogP contribution is 2.21. The molecule has 2 nitrogen and oxygen atoms in total. The minimum absolute atomic E-state index is 0.258. The maximum Gasteiger partial charge on any atom is 0.131 e. The summed E-state index contributed by atoms with van der Waals surface area (Å²) >= 11 is 7.35. The maximum atomic E-state index is 13.6. The van der Waals surface area contributed by atoms with Crippen LogP contribution in [0.25, 0.3) is 0 Å². The molecule has 1 aromatic carbocycles. The number of methoxy groups -OCH3 is 1. The van der Waals surface area contributed by atoms with Gasteiger partial charge in [-0.25, -0.2) is 4.39 Å². The number of nitrogens with one attached hydrogen (secondary N) is 1. The molecule has 0 fully saturated rings. The van der Waals surface area contributed by atoms with E-state index >= 15 is 0 Å². The van der Waals surface area contributed by atoms with Crippen molar-refractivity contribution in [2.75, 3.05) is 7.11 Å². The zero-order chi connectivity index (χ0) is 13.0. The first kappa shape index (κ1) is 13.3. The Labute approximate surface area is 114 Å². The number of ether oxygens (including phenoxy) is 1. The third kappa shape index (κ3) is 3.45. The fourth-order valence-electron chi connectivity index (χ4n) is 1.57. The van der Waals surface area contributed by atoms with Gasteiger partial charge >= 0.3 is 0 Å². The van der Waals surface area contributed by atoms with Crippen LogP contribution in [0.5, 0.6) is 5.75 Å². The van der Waals surface area contributed by atoms with E-state index < -0.39 is 0 Å². The minimum Gasteiger partial charge on any atom is -0.497 e. The normalized spacial score (nSPS) is 10.6. The summed E-state index contributed by atoms with van der Waals surface area (Å²) in [5.74, 6) is 0.271. The van der Waals surface area contributed by atoms with Gasteiger partial charge in [0, 0.05) is 29.6 Å². The Morgan fingerprint density at radius 1 is 1.28 bits per heavy atom. The van der Waals surface area contributed by atoms with Crippen LogP contribution in [0.15, 0.2) is 30.3 Å². The molecule has 18 heavy (non-hydrogen) atoms. The van der Waals surface area contributed by atoms with Crippen LogP contribution in [-0.2, 0) is 13.1 Å². The van der Waals surface area contributed by atoms with Crippen molar-refractivity contribution in [2.24, 2.45) is 0 Å². The Bertz CT molecular complexity index is 529. The standard InChI is InChI=1S/C13H13ClFNOS/c1-17-10-3-2-9(12(15)6-10)7-16-8-11-4-5-13(14)18-11/h2-6,16H,7-8H2,1H3. The highest BCUT2D eigenvalue weighted by molar-refractivity contribution is 7.16. The lowest BCUT2D eigenvalue weighted by Gasteiger charge is -2.06. The average Bonchev–Trinajstić information content (AvgIpc) is 2.77. The van der Waals surface area contributed by atoms with Crippen molar-refractivity contribution < 1.29 is 9.13 Å². The third-order valence-electron chi connectivity index (χ3n) is 2.50. The van der Waals surface area contributed by atoms with Crippen LogP contribution >= 0.6 is 22.9 Å². The first-order chi connectivity index (χ1) is 8.69. The van der Waals surface area contributed by atoms with Crippen LogP contribution in [0, 0.1) is 5.82 Å². The second-order valence-electron chi connectivity index (χ2n) is 3.77. The van der Waals surface area contributed by atoms with Crippen molar-refractivity contribution in [1.82, 2.24) is 5.32 Å². The predicted octanol–water partition coefficient (Wildman–Crippen LogP) is 3.84. The summed E-state index contributed by atoms with van der Waals surface area (Å²) in [7, 11) is 1.52. The second kappa shape index (κ2) is 6.18. The Kier molecular flexibility index (Phi) is 4.58. The fourth-order valence-corrected chi connectivity index (χ4v) is 2.62. The zero-order valence-electron chi connectivity index (χ0n) is 9.87. The van der Waals surface area contributed by atoms with E-state index in [-0.39, 0.29) is 5.82 Å². The molecule has 0 atom stereocenters. The van der Waals surface area contributed by atoms with Crippen LogP contribution in [0.4, 0.5) is 4.39 Å². The zero-order valence-corrected chi connectivity index (χ0v) is 11.4. The van der Waals surface area contributed by atoms with Gasteiger partial charge in [0.2, 0.25) is 0 Å². The van der Waals surface area contributed by atoms with E-state index in [9.17, 15) is 4.39 Å². The third-order valence-corrected chi connectivity index (χ3v) is 3.73. The summed E-state index contributed by atoms with van der Waals surface area (Å²) in [5.41, 5.74) is 0.624. The van der Waals surface area contributed by atoms with Gasteiger partial charge < -0.3 is 10.1 Å². The number of rotatable bonds is 5. The summed E-state index contributed by atoms with van der Waals surface area (Å²) in [6.45, 7) is 1.16. The molecular formula is C13H13ClFNOS. The first-order valence-electron chi connectivity index (χ1n) is 5.46. The van der Waals surface area contributed by atoms with Crippen molar-refractivity contribution in [3.63, 3.8) is 0 Å². The monoisotopic (exact) mass is 285 g/mol. The van der Waals surface area contributed by atoms with E-state index in [0.717, 1.165) is 9.21 Å². The number of hydrogen-bond acceptors (Lipinski definition) is 3. The van der Waals surface area contributed by atoms with Gasteiger partial charge in [0.1, 0.15) is 11.6 Å². The Hall–Kier alpha value is -1.10. The molecule has 0 aliphatic heterocycles. The summed E-state index contributed by atoms with van der Waals surface area (Å²) in [4.78, 5) is 1.13. The molecular weight excluding hydrogens is 273 g/mol. The maximum absolute atomic E-state index is 13.6. The predicted molar refractivity (Wildman–Crippen MR) is 72.8 cm³/mol. The van der Waals surface area contributed by atoms with Crippen molar-refractivity contribution in [2.45, 2.75) is 13.1 Å². The van der Waals surface area contributed by atoms with Gasteiger partial charge in [0.15, 0.2) is 0 Å². The van der Waals surface area contributed by atoms with Gasteiger partial charge in [0.25, 0.3) is 0 Å². The molecule has 96 valence electrons. The van der Waals surface area contributed by atoms with E-state index in [1.807, 2.05) is 12.1 Å². The molecule has 1 heterocycles. The quantitative estimate of drug-likeness (QED) is 0.901. The molecule has 5 heteroatoms. The van der Waals surface area contributed by atoms with Crippen molar-refractivity contribution in [1.29, 1.82) is 0 Å². The lowest BCUT2D eigenvalue weighted by atomic mass is 10.2. The molecule has 0 radical (unpaired) electrons. The molecule has 2 rings (SSSR count). The molecule has 0 saturated carbocycles. The minimum atomic E-state index is -0.258. The molecule has 1 aromatic heterocycles.